The van der Waals surface area contributed by atoms with Gasteiger partial charge in [-0.25, -0.2) is 4.39 Å². The summed E-state index contributed by atoms with van der Waals surface area (Å²) in [5.41, 5.74) is 1.04. The summed E-state index contributed by atoms with van der Waals surface area (Å²) in [4.78, 5) is 20.6. The minimum atomic E-state index is -0.178. The average Bonchev–Trinajstić information content (AvgIpc) is 3.49. The molecular formula is C22H34FN5O. The lowest BCUT2D eigenvalue weighted by molar-refractivity contribution is -0.130. The second kappa shape index (κ2) is 9.57. The monoisotopic (exact) mass is 403 g/mol. The Bertz CT molecular complexity index is 724. The molecule has 0 unspecified atom stereocenters. The summed E-state index contributed by atoms with van der Waals surface area (Å²) in [6.45, 7) is 5.83. The summed E-state index contributed by atoms with van der Waals surface area (Å²) in [5, 5.41) is 6.90. The SMILES string of the molecule is CCNC(=NCC1(c2cccc(F)c2)CC1)NC1CCN(CC(=O)N(C)C)CC1. The molecule has 0 spiro atoms. The number of guanidine groups is 1. The van der Waals surface area contributed by atoms with Crippen LogP contribution < -0.4 is 10.6 Å². The number of piperidine rings is 1. The van der Waals surface area contributed by atoms with Gasteiger partial charge in [0.2, 0.25) is 5.91 Å². The van der Waals surface area contributed by atoms with Crippen LogP contribution in [0.5, 0.6) is 0 Å². The Morgan fingerprint density at radius 1 is 1.31 bits per heavy atom. The van der Waals surface area contributed by atoms with Crippen LogP contribution in [0.4, 0.5) is 4.39 Å². The van der Waals surface area contributed by atoms with E-state index < -0.39 is 0 Å². The molecule has 0 radical (unpaired) electrons. The first-order valence-corrected chi connectivity index (χ1v) is 10.7. The standard InChI is InChI=1S/C22H34FN5O/c1-4-24-21(25-16-22(10-11-22)17-6-5-7-18(23)14-17)26-19-8-12-28(13-9-19)15-20(29)27(2)3/h5-7,14,19H,4,8-13,15-16H2,1-3H3,(H2,24,25,26). The lowest BCUT2D eigenvalue weighted by Crippen LogP contribution is -2.50. The van der Waals surface area contributed by atoms with Crippen molar-refractivity contribution in [3.63, 3.8) is 0 Å². The van der Waals surface area contributed by atoms with Crippen molar-refractivity contribution in [1.82, 2.24) is 20.4 Å². The minimum absolute atomic E-state index is 0.0135. The van der Waals surface area contributed by atoms with Gasteiger partial charge >= 0.3 is 0 Å². The number of likely N-dealkylation sites (N-methyl/N-ethyl adjacent to an activating group) is 1. The second-order valence-electron chi connectivity index (χ2n) is 8.47. The van der Waals surface area contributed by atoms with Gasteiger partial charge in [-0.15, -0.1) is 0 Å². The van der Waals surface area contributed by atoms with Gasteiger partial charge in [-0.1, -0.05) is 12.1 Å². The molecule has 160 valence electrons. The summed E-state index contributed by atoms with van der Waals surface area (Å²) in [6, 6.07) is 7.28. The van der Waals surface area contributed by atoms with Crippen LogP contribution in [-0.4, -0.2) is 74.5 Å². The fourth-order valence-corrected chi connectivity index (χ4v) is 3.82. The number of hydrogen-bond donors (Lipinski definition) is 2. The molecule has 0 atom stereocenters. The van der Waals surface area contributed by atoms with Crippen LogP contribution in [0.25, 0.3) is 0 Å². The molecule has 2 fully saturated rings. The summed E-state index contributed by atoms with van der Waals surface area (Å²) in [5.74, 6) is 0.804. The molecule has 1 aliphatic heterocycles. The zero-order valence-corrected chi connectivity index (χ0v) is 17.9. The largest absolute Gasteiger partial charge is 0.357 e. The van der Waals surface area contributed by atoms with Crippen LogP contribution in [-0.2, 0) is 10.2 Å². The molecule has 1 heterocycles. The Morgan fingerprint density at radius 3 is 2.62 bits per heavy atom. The van der Waals surface area contributed by atoms with Crippen molar-refractivity contribution in [1.29, 1.82) is 0 Å². The molecular weight excluding hydrogens is 369 g/mol. The zero-order valence-electron chi connectivity index (χ0n) is 17.9. The Hall–Kier alpha value is -2.15. The maximum atomic E-state index is 13.6. The highest BCUT2D eigenvalue weighted by atomic mass is 19.1. The lowest BCUT2D eigenvalue weighted by atomic mass is 9.96. The number of nitrogens with zero attached hydrogens (tertiary/aromatic N) is 3. The molecule has 3 rings (SSSR count). The number of aliphatic imine (C=N–C) groups is 1. The lowest BCUT2D eigenvalue weighted by Gasteiger charge is -2.33. The maximum absolute atomic E-state index is 13.6. The highest BCUT2D eigenvalue weighted by Gasteiger charge is 2.44. The fourth-order valence-electron chi connectivity index (χ4n) is 3.82. The van der Waals surface area contributed by atoms with Crippen molar-refractivity contribution in [3.8, 4) is 0 Å². The Morgan fingerprint density at radius 2 is 2.03 bits per heavy atom. The third-order valence-electron chi connectivity index (χ3n) is 5.96. The Labute approximate surface area is 173 Å². The Kier molecular flexibility index (Phi) is 7.11. The van der Waals surface area contributed by atoms with Gasteiger partial charge in [0.05, 0.1) is 13.1 Å². The number of benzene rings is 1. The normalized spacial score (nSPS) is 19.7. The van der Waals surface area contributed by atoms with Crippen molar-refractivity contribution in [2.24, 2.45) is 4.99 Å². The van der Waals surface area contributed by atoms with E-state index in [9.17, 15) is 9.18 Å². The van der Waals surface area contributed by atoms with Crippen molar-refractivity contribution < 1.29 is 9.18 Å². The second-order valence-corrected chi connectivity index (χ2v) is 8.47. The predicted octanol–water partition coefficient (Wildman–Crippen LogP) is 1.97. The van der Waals surface area contributed by atoms with E-state index in [1.54, 1.807) is 31.1 Å². The Balaban J connectivity index is 1.53. The van der Waals surface area contributed by atoms with Crippen LogP contribution in [0.2, 0.25) is 0 Å². The third kappa shape index (κ3) is 5.92. The molecule has 1 saturated heterocycles. The molecule has 0 bridgehead atoms. The van der Waals surface area contributed by atoms with E-state index in [0.29, 0.717) is 19.1 Å². The van der Waals surface area contributed by atoms with Gasteiger partial charge in [0.25, 0.3) is 0 Å². The van der Waals surface area contributed by atoms with Crippen molar-refractivity contribution in [2.75, 3.05) is 46.8 Å². The zero-order chi connectivity index (χ0) is 20.9. The molecule has 1 amide bonds. The topological polar surface area (TPSA) is 60.0 Å². The van der Waals surface area contributed by atoms with Gasteiger partial charge in [0.1, 0.15) is 5.82 Å². The van der Waals surface area contributed by atoms with Crippen LogP contribution in [0.3, 0.4) is 0 Å². The molecule has 29 heavy (non-hydrogen) atoms. The van der Waals surface area contributed by atoms with Crippen LogP contribution >= 0.6 is 0 Å². The molecule has 1 aliphatic carbocycles. The minimum Gasteiger partial charge on any atom is -0.357 e. The first-order chi connectivity index (χ1) is 13.9. The van der Waals surface area contributed by atoms with Gasteiger partial charge in [0, 0.05) is 45.2 Å². The highest BCUT2D eigenvalue weighted by molar-refractivity contribution is 5.80. The first kappa shape index (κ1) is 21.6. The van der Waals surface area contributed by atoms with E-state index in [1.165, 1.54) is 6.07 Å². The molecule has 7 heteroatoms. The number of hydrogen-bond acceptors (Lipinski definition) is 3. The third-order valence-corrected chi connectivity index (χ3v) is 5.96. The van der Waals surface area contributed by atoms with Crippen LogP contribution in [0.1, 0.15) is 38.2 Å². The number of carbonyl (C=O) groups excluding carboxylic acids is 1. The number of carbonyl (C=O) groups is 1. The first-order valence-electron chi connectivity index (χ1n) is 10.7. The summed E-state index contributed by atoms with van der Waals surface area (Å²) in [6.07, 6.45) is 4.08. The number of nitrogens with one attached hydrogen (secondary N) is 2. The van der Waals surface area contributed by atoms with E-state index in [2.05, 4.69) is 22.5 Å². The molecule has 1 saturated carbocycles. The number of amides is 1. The average molecular weight is 404 g/mol. The van der Waals surface area contributed by atoms with Gasteiger partial charge < -0.3 is 15.5 Å². The predicted molar refractivity (Wildman–Crippen MR) is 115 cm³/mol. The quantitative estimate of drug-likeness (QED) is 0.540. The van der Waals surface area contributed by atoms with Gasteiger partial charge in [-0.05, 0) is 50.3 Å². The maximum Gasteiger partial charge on any atom is 0.236 e. The van der Waals surface area contributed by atoms with E-state index in [4.69, 9.17) is 4.99 Å². The van der Waals surface area contributed by atoms with Gasteiger partial charge in [0.15, 0.2) is 5.96 Å². The summed E-state index contributed by atoms with van der Waals surface area (Å²) >= 11 is 0. The van der Waals surface area contributed by atoms with E-state index in [1.807, 2.05) is 6.07 Å². The van der Waals surface area contributed by atoms with E-state index in [-0.39, 0.29) is 17.1 Å². The molecule has 0 aromatic heterocycles. The van der Waals surface area contributed by atoms with Crippen molar-refractivity contribution >= 4 is 11.9 Å². The van der Waals surface area contributed by atoms with Gasteiger partial charge in [-0.3, -0.25) is 14.7 Å². The molecule has 2 N–H and O–H groups in total. The summed E-state index contributed by atoms with van der Waals surface area (Å²) < 4.78 is 13.6. The molecule has 1 aromatic rings. The molecule has 2 aliphatic rings. The molecule has 1 aromatic carbocycles. The number of rotatable bonds is 7. The molecule has 6 nitrogen and oxygen atoms in total. The van der Waals surface area contributed by atoms with Crippen LogP contribution in [0.15, 0.2) is 29.3 Å². The smallest absolute Gasteiger partial charge is 0.236 e. The van der Waals surface area contributed by atoms with Crippen molar-refractivity contribution in [2.45, 2.75) is 44.1 Å². The number of likely N-dealkylation sites (tertiary alicyclic amines) is 1. The summed E-state index contributed by atoms with van der Waals surface area (Å²) in [7, 11) is 3.60. The number of halogens is 1. The van der Waals surface area contributed by atoms with E-state index in [0.717, 1.165) is 56.8 Å². The highest BCUT2D eigenvalue weighted by Crippen LogP contribution is 2.48. The fraction of sp³-hybridized carbons (Fsp3) is 0.636. The van der Waals surface area contributed by atoms with Crippen molar-refractivity contribution in [3.05, 3.63) is 35.6 Å². The van der Waals surface area contributed by atoms with Gasteiger partial charge in [-0.2, -0.15) is 0 Å². The van der Waals surface area contributed by atoms with Crippen LogP contribution in [0, 0.1) is 5.82 Å². The van der Waals surface area contributed by atoms with E-state index >= 15 is 0 Å².